The predicted octanol–water partition coefficient (Wildman–Crippen LogP) is 6.98. The first-order chi connectivity index (χ1) is 18.4. The maximum absolute atomic E-state index is 12.1. The molecule has 6 heteroatoms. The largest absolute Gasteiger partial charge is 0.479 e. The summed E-state index contributed by atoms with van der Waals surface area (Å²) in [4.78, 5) is 16.8. The van der Waals surface area contributed by atoms with Gasteiger partial charge in [-0.2, -0.15) is 0 Å². The van der Waals surface area contributed by atoms with E-state index in [-0.39, 0.29) is 12.0 Å². The maximum atomic E-state index is 12.1. The number of hydrogen-bond acceptors (Lipinski definition) is 5. The molecule has 0 aliphatic heterocycles. The number of fused-ring (bicyclic) bond motifs is 1. The van der Waals surface area contributed by atoms with E-state index in [1.165, 1.54) is 5.39 Å². The van der Waals surface area contributed by atoms with E-state index in [2.05, 4.69) is 24.3 Å². The minimum absolute atomic E-state index is 0.0859. The second kappa shape index (κ2) is 11.5. The summed E-state index contributed by atoms with van der Waals surface area (Å²) in [6.45, 7) is 4.39. The lowest BCUT2D eigenvalue weighted by molar-refractivity contribution is -0.166. The van der Waals surface area contributed by atoms with Crippen LogP contribution in [0.25, 0.3) is 22.2 Å². The molecule has 1 aromatic heterocycles. The first-order valence-electron chi connectivity index (χ1n) is 13.4. The smallest absolute Gasteiger partial charge is 0.336 e. The van der Waals surface area contributed by atoms with Crippen molar-refractivity contribution in [3.8, 4) is 11.5 Å². The standard InChI is InChI=1S/C32H35NO5/c1-22-29(33-30(38-22)27-16-15-25-12-6-7-13-26(25)18-27)21-36-28-14-8-11-24(17-28)20-37-32(2,31(34)35)19-23-9-4-3-5-10-23/h3-7,9-10,12-13,15-16,18,24,28H,8,11,14,17,19-21H2,1-2H3,(H,34,35)/t24?,28-,32?/m0/s1. The fourth-order valence-corrected chi connectivity index (χ4v) is 5.22. The molecule has 2 unspecified atom stereocenters. The van der Waals surface area contributed by atoms with Gasteiger partial charge in [0.1, 0.15) is 11.5 Å². The highest BCUT2D eigenvalue weighted by Crippen LogP contribution is 2.31. The van der Waals surface area contributed by atoms with Gasteiger partial charge in [0.25, 0.3) is 0 Å². The molecule has 1 aliphatic carbocycles. The van der Waals surface area contributed by atoms with Crippen molar-refractivity contribution in [2.24, 2.45) is 5.92 Å². The van der Waals surface area contributed by atoms with Crippen LogP contribution < -0.4 is 0 Å². The van der Waals surface area contributed by atoms with Crippen LogP contribution in [-0.2, 0) is 27.3 Å². The topological polar surface area (TPSA) is 81.8 Å². The summed E-state index contributed by atoms with van der Waals surface area (Å²) in [6.07, 6.45) is 4.28. The fourth-order valence-electron chi connectivity index (χ4n) is 5.22. The van der Waals surface area contributed by atoms with E-state index in [1.807, 2.05) is 55.5 Å². The van der Waals surface area contributed by atoms with Gasteiger partial charge in [-0.05, 0) is 67.5 Å². The highest BCUT2D eigenvalue weighted by atomic mass is 16.5. The molecule has 38 heavy (non-hydrogen) atoms. The fraction of sp³-hybridized carbons (Fsp3) is 0.375. The zero-order valence-corrected chi connectivity index (χ0v) is 22.1. The third-order valence-corrected chi connectivity index (χ3v) is 7.55. The molecule has 0 amide bonds. The Kier molecular flexibility index (Phi) is 7.91. The van der Waals surface area contributed by atoms with Gasteiger partial charge in [0.05, 0.1) is 19.3 Å². The molecule has 0 radical (unpaired) electrons. The van der Waals surface area contributed by atoms with Crippen molar-refractivity contribution in [1.82, 2.24) is 4.98 Å². The average Bonchev–Trinajstić information content (AvgIpc) is 3.31. The summed E-state index contributed by atoms with van der Waals surface area (Å²) >= 11 is 0. The van der Waals surface area contributed by atoms with E-state index in [0.717, 1.165) is 53.7 Å². The normalized spacial score (nSPS) is 19.3. The molecule has 6 nitrogen and oxygen atoms in total. The van der Waals surface area contributed by atoms with Crippen molar-refractivity contribution in [2.45, 2.75) is 64.3 Å². The van der Waals surface area contributed by atoms with E-state index in [9.17, 15) is 9.90 Å². The van der Waals surface area contributed by atoms with Gasteiger partial charge in [-0.15, -0.1) is 0 Å². The van der Waals surface area contributed by atoms with Crippen molar-refractivity contribution in [3.05, 3.63) is 89.8 Å². The highest BCUT2D eigenvalue weighted by molar-refractivity contribution is 5.86. The van der Waals surface area contributed by atoms with Gasteiger partial charge in [-0.3, -0.25) is 0 Å². The molecule has 1 heterocycles. The Bertz CT molecular complexity index is 1380. The van der Waals surface area contributed by atoms with Crippen LogP contribution in [0.15, 0.2) is 77.2 Å². The summed E-state index contributed by atoms with van der Waals surface area (Å²) in [5.74, 6) is 0.693. The van der Waals surface area contributed by atoms with Crippen LogP contribution in [0.3, 0.4) is 0 Å². The Morgan fingerprint density at radius 2 is 1.82 bits per heavy atom. The summed E-state index contributed by atoms with van der Waals surface area (Å²) in [5.41, 5.74) is 1.46. The van der Waals surface area contributed by atoms with Gasteiger partial charge >= 0.3 is 5.97 Å². The van der Waals surface area contributed by atoms with Crippen molar-refractivity contribution in [1.29, 1.82) is 0 Å². The molecule has 1 saturated carbocycles. The second-order valence-corrected chi connectivity index (χ2v) is 10.6. The Hall–Kier alpha value is -3.48. The SMILES string of the molecule is Cc1oc(-c2ccc3ccccc3c2)nc1CO[C@H]1CCCC(COC(C)(Cc2ccccc2)C(=O)O)C1. The Labute approximate surface area is 223 Å². The summed E-state index contributed by atoms with van der Waals surface area (Å²) in [7, 11) is 0. The number of aryl methyl sites for hydroxylation is 1. The summed E-state index contributed by atoms with van der Waals surface area (Å²) < 4.78 is 18.3. The molecule has 5 rings (SSSR count). The first kappa shape index (κ1) is 26.1. The number of ether oxygens (including phenoxy) is 2. The van der Waals surface area contributed by atoms with Gasteiger partial charge in [-0.25, -0.2) is 9.78 Å². The molecule has 0 bridgehead atoms. The zero-order valence-electron chi connectivity index (χ0n) is 22.1. The lowest BCUT2D eigenvalue weighted by atomic mass is 9.87. The number of carboxylic acid groups (broad SMARTS) is 1. The van der Waals surface area contributed by atoms with Crippen molar-refractivity contribution < 1.29 is 23.8 Å². The van der Waals surface area contributed by atoms with Crippen LogP contribution in [0.5, 0.6) is 0 Å². The summed E-state index contributed by atoms with van der Waals surface area (Å²) in [6, 6.07) is 24.1. The monoisotopic (exact) mass is 513 g/mol. The number of aliphatic carboxylic acids is 1. The summed E-state index contributed by atoms with van der Waals surface area (Å²) in [5, 5.41) is 12.2. The molecule has 198 valence electrons. The Morgan fingerprint density at radius 3 is 2.61 bits per heavy atom. The van der Waals surface area contributed by atoms with E-state index in [0.29, 0.717) is 25.5 Å². The number of carboxylic acids is 1. The first-order valence-corrected chi connectivity index (χ1v) is 13.4. The molecular weight excluding hydrogens is 478 g/mol. The third kappa shape index (κ3) is 6.14. The highest BCUT2D eigenvalue weighted by Gasteiger charge is 2.36. The molecule has 0 saturated heterocycles. The van der Waals surface area contributed by atoms with Gasteiger partial charge in [0, 0.05) is 12.0 Å². The minimum atomic E-state index is -1.26. The van der Waals surface area contributed by atoms with E-state index < -0.39 is 11.6 Å². The molecule has 0 spiro atoms. The molecule has 1 N–H and O–H groups in total. The van der Waals surface area contributed by atoms with Crippen molar-refractivity contribution in [3.63, 3.8) is 0 Å². The Balaban J connectivity index is 1.17. The van der Waals surface area contributed by atoms with Crippen LogP contribution >= 0.6 is 0 Å². The average molecular weight is 514 g/mol. The van der Waals surface area contributed by atoms with Crippen LogP contribution in [0.2, 0.25) is 0 Å². The van der Waals surface area contributed by atoms with Crippen LogP contribution in [-0.4, -0.2) is 34.4 Å². The van der Waals surface area contributed by atoms with Crippen molar-refractivity contribution in [2.75, 3.05) is 6.61 Å². The van der Waals surface area contributed by atoms with Gasteiger partial charge in [-0.1, -0.05) is 67.1 Å². The number of oxazole rings is 1. The van der Waals surface area contributed by atoms with Crippen LogP contribution in [0.1, 0.15) is 49.6 Å². The lowest BCUT2D eigenvalue weighted by Crippen LogP contribution is -2.42. The maximum Gasteiger partial charge on any atom is 0.336 e. The van der Waals surface area contributed by atoms with Gasteiger partial charge in [0.2, 0.25) is 5.89 Å². The predicted molar refractivity (Wildman–Crippen MR) is 147 cm³/mol. The molecule has 1 aliphatic rings. The molecule has 3 aromatic carbocycles. The molecule has 4 aromatic rings. The second-order valence-electron chi connectivity index (χ2n) is 10.6. The minimum Gasteiger partial charge on any atom is -0.479 e. The van der Waals surface area contributed by atoms with Crippen molar-refractivity contribution >= 4 is 16.7 Å². The third-order valence-electron chi connectivity index (χ3n) is 7.55. The van der Waals surface area contributed by atoms with Crippen LogP contribution in [0.4, 0.5) is 0 Å². The van der Waals surface area contributed by atoms with Gasteiger partial charge in [0.15, 0.2) is 5.60 Å². The lowest BCUT2D eigenvalue weighted by Gasteiger charge is -2.32. The van der Waals surface area contributed by atoms with E-state index in [1.54, 1.807) is 6.92 Å². The molecular formula is C32H35NO5. The van der Waals surface area contributed by atoms with E-state index in [4.69, 9.17) is 18.9 Å². The molecule has 3 atom stereocenters. The molecule has 1 fully saturated rings. The number of hydrogen-bond donors (Lipinski definition) is 1. The van der Waals surface area contributed by atoms with E-state index >= 15 is 0 Å². The zero-order chi connectivity index (χ0) is 26.5. The van der Waals surface area contributed by atoms with Gasteiger partial charge < -0.3 is 19.0 Å². The quantitative estimate of drug-likeness (QED) is 0.246. The number of aromatic nitrogens is 1. The number of nitrogens with zero attached hydrogens (tertiary/aromatic N) is 1. The van der Waals surface area contributed by atoms with Crippen LogP contribution in [0, 0.1) is 12.8 Å². The number of benzene rings is 3. The number of carbonyl (C=O) groups is 1. The Morgan fingerprint density at radius 1 is 1.05 bits per heavy atom. The number of rotatable bonds is 10.